The lowest BCUT2D eigenvalue weighted by atomic mass is 9.89. The second-order valence-corrected chi connectivity index (χ2v) is 6.72. The van der Waals surface area contributed by atoms with Crippen LogP contribution in [0.2, 0.25) is 0 Å². The highest BCUT2D eigenvalue weighted by atomic mass is 16.2. The number of nitrogens with zero attached hydrogens (tertiary/aromatic N) is 2. The SMILES string of the molecule is O=C(c1ccccc1)C1CCN(CC(=O)N2CCCCC2)CC1. The number of piperidine rings is 2. The lowest BCUT2D eigenvalue weighted by Crippen LogP contribution is -2.45. The zero-order valence-corrected chi connectivity index (χ0v) is 13.7. The van der Waals surface area contributed by atoms with E-state index in [-0.39, 0.29) is 17.6 Å². The summed E-state index contributed by atoms with van der Waals surface area (Å²) in [5.74, 6) is 0.629. The maximum absolute atomic E-state index is 12.5. The molecule has 4 heteroatoms. The van der Waals surface area contributed by atoms with Crippen molar-refractivity contribution in [1.82, 2.24) is 9.80 Å². The molecule has 3 rings (SSSR count). The van der Waals surface area contributed by atoms with Crippen LogP contribution in [0.5, 0.6) is 0 Å². The first-order valence-electron chi connectivity index (χ1n) is 8.83. The molecule has 0 atom stereocenters. The molecule has 2 aliphatic heterocycles. The molecule has 0 unspecified atom stereocenters. The van der Waals surface area contributed by atoms with E-state index in [1.54, 1.807) is 0 Å². The molecule has 124 valence electrons. The Hall–Kier alpha value is -1.68. The van der Waals surface area contributed by atoms with Crippen LogP contribution in [-0.2, 0) is 4.79 Å². The number of benzene rings is 1. The molecule has 0 radical (unpaired) electrons. The topological polar surface area (TPSA) is 40.6 Å². The molecule has 0 aliphatic carbocycles. The van der Waals surface area contributed by atoms with Gasteiger partial charge in [0.25, 0.3) is 0 Å². The molecule has 0 bridgehead atoms. The maximum Gasteiger partial charge on any atom is 0.236 e. The van der Waals surface area contributed by atoms with Crippen molar-refractivity contribution in [3.8, 4) is 0 Å². The van der Waals surface area contributed by atoms with Gasteiger partial charge in [-0.05, 0) is 45.2 Å². The smallest absolute Gasteiger partial charge is 0.236 e. The van der Waals surface area contributed by atoms with E-state index in [1.807, 2.05) is 35.2 Å². The quantitative estimate of drug-likeness (QED) is 0.802. The Labute approximate surface area is 138 Å². The molecule has 2 saturated heterocycles. The average Bonchev–Trinajstić information content (AvgIpc) is 2.63. The second kappa shape index (κ2) is 7.73. The van der Waals surface area contributed by atoms with Crippen molar-refractivity contribution in [2.45, 2.75) is 32.1 Å². The van der Waals surface area contributed by atoms with Crippen molar-refractivity contribution in [1.29, 1.82) is 0 Å². The van der Waals surface area contributed by atoms with Gasteiger partial charge in [0.05, 0.1) is 6.54 Å². The Morgan fingerprint density at radius 2 is 1.57 bits per heavy atom. The highest BCUT2D eigenvalue weighted by molar-refractivity contribution is 5.97. The predicted molar refractivity (Wildman–Crippen MR) is 90.4 cm³/mol. The monoisotopic (exact) mass is 314 g/mol. The Bertz CT molecular complexity index is 530. The number of amides is 1. The fourth-order valence-electron chi connectivity index (χ4n) is 3.63. The number of likely N-dealkylation sites (tertiary alicyclic amines) is 2. The average molecular weight is 314 g/mol. The molecule has 0 saturated carbocycles. The zero-order chi connectivity index (χ0) is 16.1. The zero-order valence-electron chi connectivity index (χ0n) is 13.7. The van der Waals surface area contributed by atoms with Crippen LogP contribution in [0, 0.1) is 5.92 Å². The standard InChI is InChI=1S/C19H26N2O2/c22-18(21-11-5-2-6-12-21)15-20-13-9-17(10-14-20)19(23)16-7-3-1-4-8-16/h1,3-4,7-8,17H,2,5-6,9-15H2. The minimum atomic E-state index is 0.110. The Morgan fingerprint density at radius 3 is 2.22 bits per heavy atom. The van der Waals surface area contributed by atoms with Crippen LogP contribution in [0.25, 0.3) is 0 Å². The van der Waals surface area contributed by atoms with E-state index in [0.717, 1.165) is 57.4 Å². The number of carbonyl (C=O) groups is 2. The molecule has 1 aromatic rings. The third-order valence-electron chi connectivity index (χ3n) is 5.08. The summed E-state index contributed by atoms with van der Waals surface area (Å²) in [4.78, 5) is 29.0. The fraction of sp³-hybridized carbons (Fsp3) is 0.579. The normalized spacial score (nSPS) is 20.4. The van der Waals surface area contributed by atoms with Crippen molar-refractivity contribution >= 4 is 11.7 Å². The lowest BCUT2D eigenvalue weighted by molar-refractivity contribution is -0.133. The van der Waals surface area contributed by atoms with E-state index < -0.39 is 0 Å². The molecule has 23 heavy (non-hydrogen) atoms. The van der Waals surface area contributed by atoms with Crippen LogP contribution in [0.4, 0.5) is 0 Å². The summed E-state index contributed by atoms with van der Waals surface area (Å²) in [6.45, 7) is 4.06. The largest absolute Gasteiger partial charge is 0.342 e. The first kappa shape index (κ1) is 16.2. The number of carbonyl (C=O) groups excluding carboxylic acids is 2. The van der Waals surface area contributed by atoms with Gasteiger partial charge in [-0.2, -0.15) is 0 Å². The van der Waals surface area contributed by atoms with E-state index in [0.29, 0.717) is 6.54 Å². The number of ketones is 1. The van der Waals surface area contributed by atoms with Gasteiger partial charge in [0.2, 0.25) is 5.91 Å². The van der Waals surface area contributed by atoms with Gasteiger partial charge in [0.15, 0.2) is 5.78 Å². The summed E-state index contributed by atoms with van der Waals surface area (Å²) in [7, 11) is 0. The minimum absolute atomic E-state index is 0.110. The molecule has 2 heterocycles. The van der Waals surface area contributed by atoms with E-state index in [1.165, 1.54) is 6.42 Å². The molecular weight excluding hydrogens is 288 g/mol. The van der Waals surface area contributed by atoms with Gasteiger partial charge in [0.1, 0.15) is 0 Å². The number of Topliss-reactive ketones (excluding diaryl/α,β-unsaturated/α-hetero) is 1. The first-order valence-corrected chi connectivity index (χ1v) is 8.83. The van der Waals surface area contributed by atoms with Gasteiger partial charge < -0.3 is 4.90 Å². The highest BCUT2D eigenvalue weighted by Gasteiger charge is 2.27. The van der Waals surface area contributed by atoms with Crippen molar-refractivity contribution in [2.75, 3.05) is 32.7 Å². The van der Waals surface area contributed by atoms with Gasteiger partial charge in [-0.25, -0.2) is 0 Å². The molecule has 4 nitrogen and oxygen atoms in total. The lowest BCUT2D eigenvalue weighted by Gasteiger charge is -2.33. The number of hydrogen-bond acceptors (Lipinski definition) is 3. The van der Waals surface area contributed by atoms with Gasteiger partial charge in [-0.1, -0.05) is 30.3 Å². The molecule has 0 spiro atoms. The van der Waals surface area contributed by atoms with Crippen molar-refractivity contribution in [2.24, 2.45) is 5.92 Å². The summed E-state index contributed by atoms with van der Waals surface area (Å²) in [6.07, 6.45) is 5.25. The van der Waals surface area contributed by atoms with Gasteiger partial charge in [-0.15, -0.1) is 0 Å². The van der Waals surface area contributed by atoms with Crippen LogP contribution >= 0.6 is 0 Å². The number of hydrogen-bond donors (Lipinski definition) is 0. The second-order valence-electron chi connectivity index (χ2n) is 6.72. The predicted octanol–water partition coefficient (Wildman–Crippen LogP) is 2.59. The summed E-state index contributed by atoms with van der Waals surface area (Å²) in [5, 5.41) is 0. The molecule has 2 aliphatic rings. The molecule has 0 N–H and O–H groups in total. The highest BCUT2D eigenvalue weighted by Crippen LogP contribution is 2.22. The van der Waals surface area contributed by atoms with Crippen LogP contribution < -0.4 is 0 Å². The third-order valence-corrected chi connectivity index (χ3v) is 5.08. The van der Waals surface area contributed by atoms with Crippen LogP contribution in [0.1, 0.15) is 42.5 Å². The molecule has 2 fully saturated rings. The molecular formula is C19H26N2O2. The van der Waals surface area contributed by atoms with Crippen LogP contribution in [-0.4, -0.2) is 54.2 Å². The Kier molecular flexibility index (Phi) is 5.44. The maximum atomic E-state index is 12.5. The summed E-state index contributed by atoms with van der Waals surface area (Å²) in [6, 6.07) is 9.56. The van der Waals surface area contributed by atoms with E-state index in [2.05, 4.69) is 4.90 Å². The van der Waals surface area contributed by atoms with E-state index in [9.17, 15) is 9.59 Å². The van der Waals surface area contributed by atoms with Crippen molar-refractivity contribution < 1.29 is 9.59 Å². The van der Waals surface area contributed by atoms with Gasteiger partial charge in [0, 0.05) is 24.6 Å². The van der Waals surface area contributed by atoms with Crippen LogP contribution in [0.3, 0.4) is 0 Å². The van der Waals surface area contributed by atoms with Crippen LogP contribution in [0.15, 0.2) is 30.3 Å². The molecule has 0 aromatic heterocycles. The van der Waals surface area contributed by atoms with Crippen molar-refractivity contribution in [3.63, 3.8) is 0 Å². The molecule has 1 amide bonds. The van der Waals surface area contributed by atoms with Gasteiger partial charge in [-0.3, -0.25) is 14.5 Å². The summed E-state index contributed by atoms with van der Waals surface area (Å²) in [5.41, 5.74) is 0.815. The molecule has 1 aromatic carbocycles. The summed E-state index contributed by atoms with van der Waals surface area (Å²) < 4.78 is 0. The van der Waals surface area contributed by atoms with E-state index in [4.69, 9.17) is 0 Å². The summed E-state index contributed by atoms with van der Waals surface area (Å²) >= 11 is 0. The van der Waals surface area contributed by atoms with Crippen molar-refractivity contribution in [3.05, 3.63) is 35.9 Å². The Morgan fingerprint density at radius 1 is 0.913 bits per heavy atom. The Balaban J connectivity index is 1.46. The third kappa shape index (κ3) is 4.20. The first-order chi connectivity index (χ1) is 11.2. The number of rotatable bonds is 4. The minimum Gasteiger partial charge on any atom is -0.342 e. The fourth-order valence-corrected chi connectivity index (χ4v) is 3.63. The van der Waals surface area contributed by atoms with Gasteiger partial charge >= 0.3 is 0 Å². The van der Waals surface area contributed by atoms with E-state index >= 15 is 0 Å².